The number of carbonyl (C=O) groups is 1. The summed E-state index contributed by atoms with van der Waals surface area (Å²) in [7, 11) is 1.67. The van der Waals surface area contributed by atoms with Gasteiger partial charge >= 0.3 is 0 Å². The van der Waals surface area contributed by atoms with E-state index in [2.05, 4.69) is 48.2 Å². The Kier molecular flexibility index (Phi) is 3.79. The van der Waals surface area contributed by atoms with Crippen LogP contribution >= 0.6 is 0 Å². The highest BCUT2D eigenvalue weighted by molar-refractivity contribution is 5.84. The third kappa shape index (κ3) is 2.48. The average Bonchev–Trinajstić information content (AvgIpc) is 3.16. The van der Waals surface area contributed by atoms with Crippen LogP contribution in [0.15, 0.2) is 48.5 Å². The largest absolute Gasteiger partial charge is 0.497 e. The van der Waals surface area contributed by atoms with Crippen LogP contribution in [0.2, 0.25) is 0 Å². The molecule has 0 unspecified atom stereocenters. The lowest BCUT2D eigenvalue weighted by atomic mass is 9.84. The van der Waals surface area contributed by atoms with Crippen LogP contribution in [-0.4, -0.2) is 24.0 Å². The molecule has 1 saturated carbocycles. The quantitative estimate of drug-likeness (QED) is 0.854. The van der Waals surface area contributed by atoms with Crippen molar-refractivity contribution in [2.45, 2.75) is 38.3 Å². The predicted octanol–water partition coefficient (Wildman–Crippen LogP) is 3.91. The Bertz CT molecular complexity index is 753. The van der Waals surface area contributed by atoms with Crippen LogP contribution in [0.4, 0.5) is 0 Å². The molecule has 1 aliphatic heterocycles. The van der Waals surface area contributed by atoms with Gasteiger partial charge in [-0.1, -0.05) is 36.4 Å². The van der Waals surface area contributed by atoms with Crippen molar-refractivity contribution in [3.8, 4) is 5.75 Å². The van der Waals surface area contributed by atoms with E-state index in [-0.39, 0.29) is 5.92 Å². The Balaban J connectivity index is 1.50. The molecule has 1 aliphatic carbocycles. The maximum atomic E-state index is 12.9. The molecule has 1 saturated heterocycles. The zero-order valence-electron chi connectivity index (χ0n) is 14.2. The lowest BCUT2D eigenvalue weighted by Gasteiger charge is -2.32. The van der Waals surface area contributed by atoms with Gasteiger partial charge in [0.25, 0.3) is 0 Å². The van der Waals surface area contributed by atoms with Gasteiger partial charge in [-0.2, -0.15) is 0 Å². The second-order valence-electron chi connectivity index (χ2n) is 7.01. The minimum atomic E-state index is 0.161. The first-order valence-corrected chi connectivity index (χ1v) is 8.66. The molecule has 0 spiro atoms. The molecular weight excluding hydrogens is 298 g/mol. The number of ether oxygens (including phenoxy) is 1. The van der Waals surface area contributed by atoms with Crippen LogP contribution in [0.1, 0.15) is 35.4 Å². The fourth-order valence-corrected chi connectivity index (χ4v) is 4.41. The van der Waals surface area contributed by atoms with Gasteiger partial charge in [0.2, 0.25) is 5.91 Å². The molecule has 2 aliphatic rings. The molecule has 0 aromatic heterocycles. The lowest BCUT2D eigenvalue weighted by molar-refractivity contribution is -0.135. The Hall–Kier alpha value is -2.29. The Morgan fingerprint density at radius 3 is 2.42 bits per heavy atom. The standard InChI is InChI=1S/C21H23NO2/c1-14-5-3-4-6-18(14)19-11-16-12-20(19)21(23)22(16)13-15-7-9-17(24-2)10-8-15/h3-10,16,19-20H,11-13H2,1-2H3/t16-,19-,20-/m1/s1. The van der Waals surface area contributed by atoms with Crippen LogP contribution in [0.3, 0.4) is 0 Å². The minimum absolute atomic E-state index is 0.161. The number of methoxy groups -OCH3 is 1. The molecular formula is C21H23NO2. The van der Waals surface area contributed by atoms with E-state index in [1.807, 2.05) is 12.1 Å². The SMILES string of the molecule is COc1ccc(CN2C(=O)[C@@H]3C[C@H]2C[C@@H]3c2ccccc2C)cc1. The number of piperidine rings is 1. The number of nitrogens with zero attached hydrogens (tertiary/aromatic N) is 1. The molecule has 3 nitrogen and oxygen atoms in total. The van der Waals surface area contributed by atoms with Gasteiger partial charge in [-0.05, 0) is 54.5 Å². The van der Waals surface area contributed by atoms with E-state index in [0.29, 0.717) is 24.4 Å². The summed E-state index contributed by atoms with van der Waals surface area (Å²) < 4.78 is 5.20. The van der Waals surface area contributed by atoms with E-state index < -0.39 is 0 Å². The molecule has 2 fully saturated rings. The molecule has 0 N–H and O–H groups in total. The summed E-state index contributed by atoms with van der Waals surface area (Å²) in [6.45, 7) is 2.87. The number of carbonyl (C=O) groups excluding carboxylic acids is 1. The number of likely N-dealkylation sites (tertiary alicyclic amines) is 1. The van der Waals surface area contributed by atoms with Crippen LogP contribution in [0.5, 0.6) is 5.75 Å². The Labute approximate surface area is 143 Å². The van der Waals surface area contributed by atoms with Crippen molar-refractivity contribution in [3.63, 3.8) is 0 Å². The van der Waals surface area contributed by atoms with Crippen molar-refractivity contribution in [3.05, 3.63) is 65.2 Å². The molecule has 0 radical (unpaired) electrons. The van der Waals surface area contributed by atoms with Gasteiger partial charge in [0.05, 0.1) is 7.11 Å². The van der Waals surface area contributed by atoms with Gasteiger partial charge in [-0.15, -0.1) is 0 Å². The second-order valence-corrected chi connectivity index (χ2v) is 7.01. The van der Waals surface area contributed by atoms with E-state index >= 15 is 0 Å². The molecule has 124 valence electrons. The van der Waals surface area contributed by atoms with E-state index in [4.69, 9.17) is 4.74 Å². The first kappa shape index (κ1) is 15.3. The number of amides is 1. The highest BCUT2D eigenvalue weighted by atomic mass is 16.5. The van der Waals surface area contributed by atoms with Crippen molar-refractivity contribution in [2.24, 2.45) is 5.92 Å². The molecule has 24 heavy (non-hydrogen) atoms. The van der Waals surface area contributed by atoms with Crippen molar-refractivity contribution in [2.75, 3.05) is 7.11 Å². The van der Waals surface area contributed by atoms with E-state index in [0.717, 1.165) is 18.6 Å². The minimum Gasteiger partial charge on any atom is -0.497 e. The highest BCUT2D eigenvalue weighted by Gasteiger charge is 2.50. The van der Waals surface area contributed by atoms with Crippen molar-refractivity contribution >= 4 is 5.91 Å². The fourth-order valence-electron chi connectivity index (χ4n) is 4.41. The molecule has 2 aromatic carbocycles. The summed E-state index contributed by atoms with van der Waals surface area (Å²) in [5, 5.41) is 0. The van der Waals surface area contributed by atoms with Gasteiger partial charge in [-0.25, -0.2) is 0 Å². The van der Waals surface area contributed by atoms with Gasteiger partial charge in [0, 0.05) is 18.5 Å². The lowest BCUT2D eigenvalue weighted by Crippen LogP contribution is -2.39. The molecule has 3 heteroatoms. The van der Waals surface area contributed by atoms with Crippen LogP contribution in [0.25, 0.3) is 0 Å². The van der Waals surface area contributed by atoms with Crippen LogP contribution in [0, 0.1) is 12.8 Å². The number of hydrogen-bond donors (Lipinski definition) is 0. The van der Waals surface area contributed by atoms with E-state index in [9.17, 15) is 4.79 Å². The zero-order valence-corrected chi connectivity index (χ0v) is 14.2. The summed E-state index contributed by atoms with van der Waals surface area (Å²) in [6, 6.07) is 16.9. The first-order valence-electron chi connectivity index (χ1n) is 8.66. The maximum Gasteiger partial charge on any atom is 0.226 e. The van der Waals surface area contributed by atoms with Gasteiger partial charge in [-0.3, -0.25) is 4.79 Å². The number of fused-ring (bicyclic) bond motifs is 2. The smallest absolute Gasteiger partial charge is 0.226 e. The zero-order chi connectivity index (χ0) is 16.7. The van der Waals surface area contributed by atoms with Gasteiger partial charge in [0.1, 0.15) is 5.75 Å². The fraction of sp³-hybridized carbons (Fsp3) is 0.381. The van der Waals surface area contributed by atoms with Crippen LogP contribution in [-0.2, 0) is 11.3 Å². The molecule has 4 rings (SSSR count). The summed E-state index contributed by atoms with van der Waals surface area (Å²) in [5.41, 5.74) is 3.84. The summed E-state index contributed by atoms with van der Waals surface area (Å²) in [4.78, 5) is 15.0. The van der Waals surface area contributed by atoms with Crippen molar-refractivity contribution < 1.29 is 9.53 Å². The molecule has 1 heterocycles. The Morgan fingerprint density at radius 1 is 1.04 bits per heavy atom. The van der Waals surface area contributed by atoms with E-state index in [1.54, 1.807) is 7.11 Å². The third-order valence-corrected chi connectivity index (χ3v) is 5.68. The number of benzene rings is 2. The molecule has 1 amide bonds. The van der Waals surface area contributed by atoms with E-state index in [1.165, 1.54) is 16.7 Å². The maximum absolute atomic E-state index is 12.9. The average molecular weight is 321 g/mol. The normalized spacial score (nSPS) is 25.3. The molecule has 2 bridgehead atoms. The second kappa shape index (κ2) is 5.97. The topological polar surface area (TPSA) is 29.5 Å². The summed E-state index contributed by atoms with van der Waals surface area (Å²) in [5.74, 6) is 1.74. The first-order chi connectivity index (χ1) is 11.7. The third-order valence-electron chi connectivity index (χ3n) is 5.68. The molecule has 3 atom stereocenters. The van der Waals surface area contributed by atoms with Gasteiger partial charge in [0.15, 0.2) is 0 Å². The van der Waals surface area contributed by atoms with Crippen molar-refractivity contribution in [1.82, 2.24) is 4.90 Å². The number of hydrogen-bond acceptors (Lipinski definition) is 2. The van der Waals surface area contributed by atoms with Crippen molar-refractivity contribution in [1.29, 1.82) is 0 Å². The Morgan fingerprint density at radius 2 is 1.75 bits per heavy atom. The summed E-state index contributed by atoms with van der Waals surface area (Å²) in [6.07, 6.45) is 2.10. The predicted molar refractivity (Wildman–Crippen MR) is 94.0 cm³/mol. The van der Waals surface area contributed by atoms with Crippen LogP contribution < -0.4 is 4.74 Å². The van der Waals surface area contributed by atoms with Gasteiger partial charge < -0.3 is 9.64 Å². The number of aryl methyl sites for hydroxylation is 1. The number of rotatable bonds is 4. The highest BCUT2D eigenvalue weighted by Crippen LogP contribution is 2.49. The monoisotopic (exact) mass is 321 g/mol. The summed E-state index contributed by atoms with van der Waals surface area (Å²) >= 11 is 0. The molecule has 2 aromatic rings.